The number of carbonyl (C=O) groups is 4. The molecule has 2 aromatic rings. The van der Waals surface area contributed by atoms with Gasteiger partial charge < -0.3 is 29.8 Å². The standard InChI is InChI=1S/C26H36N6O6/c1-5-18(6-2)14-28-22(33)16-32-13-9-11-20(26(32)37)30-24(35)19(10-7-8-12-23(34)38-4)29-25(36)21-15-27-17-31(21)3/h8-9,11-13,15,17-19H,5-7,10,14,16H2,1-4H3,(H,28,33)(H,29,36)(H,30,35)/b12-8+/t19-/m1/s1. The molecule has 0 aromatic carbocycles. The van der Waals surface area contributed by atoms with E-state index in [4.69, 9.17) is 0 Å². The number of rotatable bonds is 14. The van der Waals surface area contributed by atoms with Gasteiger partial charge in [-0.3, -0.25) is 19.2 Å². The highest BCUT2D eigenvalue weighted by atomic mass is 16.5. The molecule has 3 amide bonds. The Bertz CT molecular complexity index is 1200. The van der Waals surface area contributed by atoms with Gasteiger partial charge in [0.2, 0.25) is 11.8 Å². The summed E-state index contributed by atoms with van der Waals surface area (Å²) in [4.78, 5) is 66.4. The number of hydrogen-bond donors (Lipinski definition) is 3. The van der Waals surface area contributed by atoms with Crippen molar-refractivity contribution in [1.29, 1.82) is 0 Å². The second-order valence-electron chi connectivity index (χ2n) is 8.75. The largest absolute Gasteiger partial charge is 0.466 e. The van der Waals surface area contributed by atoms with Crippen molar-refractivity contribution < 1.29 is 23.9 Å². The molecule has 0 spiro atoms. The molecule has 2 heterocycles. The molecule has 206 valence electrons. The first-order chi connectivity index (χ1) is 18.2. The minimum atomic E-state index is -1.03. The fourth-order valence-corrected chi connectivity index (χ4v) is 3.61. The molecule has 38 heavy (non-hydrogen) atoms. The average molecular weight is 529 g/mol. The van der Waals surface area contributed by atoms with Gasteiger partial charge in [-0.25, -0.2) is 9.78 Å². The number of nitrogens with zero attached hydrogens (tertiary/aromatic N) is 3. The highest BCUT2D eigenvalue weighted by Crippen LogP contribution is 2.08. The predicted octanol–water partition coefficient (Wildman–Crippen LogP) is 1.38. The SMILES string of the molecule is CCC(CC)CNC(=O)Cn1cccc(NC(=O)[C@@H](CC/C=C/C(=O)OC)NC(=O)c2cncn2C)c1=O. The normalized spacial score (nSPS) is 11.8. The van der Waals surface area contributed by atoms with Gasteiger partial charge in [-0.2, -0.15) is 0 Å². The van der Waals surface area contributed by atoms with Gasteiger partial charge in [-0.1, -0.05) is 32.8 Å². The van der Waals surface area contributed by atoms with E-state index in [9.17, 15) is 24.0 Å². The second-order valence-corrected chi connectivity index (χ2v) is 8.75. The number of ether oxygens (including phenoxy) is 1. The number of imidazole rings is 1. The number of carbonyl (C=O) groups excluding carboxylic acids is 4. The molecule has 2 aromatic heterocycles. The molecular weight excluding hydrogens is 492 g/mol. The lowest BCUT2D eigenvalue weighted by Gasteiger charge is -2.18. The fraction of sp³-hybridized carbons (Fsp3) is 0.462. The second kappa shape index (κ2) is 15.1. The number of aryl methyl sites for hydroxylation is 1. The van der Waals surface area contributed by atoms with E-state index in [-0.39, 0.29) is 36.7 Å². The Morgan fingerprint density at radius 1 is 1.18 bits per heavy atom. The summed E-state index contributed by atoms with van der Waals surface area (Å²) in [5.74, 6) is -1.64. The predicted molar refractivity (Wildman–Crippen MR) is 141 cm³/mol. The van der Waals surface area contributed by atoms with Gasteiger partial charge in [-0.15, -0.1) is 0 Å². The molecule has 0 aliphatic rings. The van der Waals surface area contributed by atoms with Crippen molar-refractivity contribution in [3.8, 4) is 0 Å². The van der Waals surface area contributed by atoms with Crippen LogP contribution in [0.1, 0.15) is 50.0 Å². The number of anilines is 1. The Morgan fingerprint density at radius 2 is 1.92 bits per heavy atom. The highest BCUT2D eigenvalue weighted by molar-refractivity contribution is 6.00. The molecule has 3 N–H and O–H groups in total. The smallest absolute Gasteiger partial charge is 0.330 e. The van der Waals surface area contributed by atoms with E-state index in [2.05, 4.69) is 39.5 Å². The Morgan fingerprint density at radius 3 is 2.55 bits per heavy atom. The summed E-state index contributed by atoms with van der Waals surface area (Å²) in [5, 5.41) is 8.05. The van der Waals surface area contributed by atoms with Crippen LogP contribution in [0.2, 0.25) is 0 Å². The van der Waals surface area contributed by atoms with E-state index < -0.39 is 29.4 Å². The molecule has 0 saturated heterocycles. The van der Waals surface area contributed by atoms with Crippen LogP contribution >= 0.6 is 0 Å². The zero-order valence-corrected chi connectivity index (χ0v) is 22.2. The fourth-order valence-electron chi connectivity index (χ4n) is 3.61. The summed E-state index contributed by atoms with van der Waals surface area (Å²) in [6.45, 7) is 4.44. The number of aromatic nitrogens is 3. The lowest BCUT2D eigenvalue weighted by molar-refractivity contribution is -0.134. The van der Waals surface area contributed by atoms with Crippen LogP contribution in [-0.2, 0) is 32.7 Å². The molecule has 0 aliphatic carbocycles. The number of hydrogen-bond acceptors (Lipinski definition) is 7. The van der Waals surface area contributed by atoms with Crippen molar-refractivity contribution in [2.24, 2.45) is 13.0 Å². The van der Waals surface area contributed by atoms with Crippen LogP contribution in [0.5, 0.6) is 0 Å². The maximum Gasteiger partial charge on any atom is 0.330 e. The van der Waals surface area contributed by atoms with Crippen molar-refractivity contribution in [1.82, 2.24) is 24.8 Å². The summed E-state index contributed by atoms with van der Waals surface area (Å²) in [6.07, 6.45) is 9.33. The van der Waals surface area contributed by atoms with E-state index >= 15 is 0 Å². The lowest BCUT2D eigenvalue weighted by Crippen LogP contribution is -2.45. The monoisotopic (exact) mass is 528 g/mol. The molecule has 12 nitrogen and oxygen atoms in total. The lowest BCUT2D eigenvalue weighted by atomic mass is 10.0. The number of allylic oxidation sites excluding steroid dienone is 1. The van der Waals surface area contributed by atoms with Gasteiger partial charge in [-0.05, 0) is 30.9 Å². The Labute approximate surface area is 221 Å². The van der Waals surface area contributed by atoms with Crippen molar-refractivity contribution in [3.63, 3.8) is 0 Å². The van der Waals surface area contributed by atoms with Gasteiger partial charge >= 0.3 is 5.97 Å². The number of methoxy groups -OCH3 is 1. The van der Waals surface area contributed by atoms with Crippen LogP contribution in [0.15, 0.2) is 47.8 Å². The zero-order valence-electron chi connectivity index (χ0n) is 22.2. The van der Waals surface area contributed by atoms with E-state index in [0.717, 1.165) is 12.8 Å². The van der Waals surface area contributed by atoms with Crippen LogP contribution in [0, 0.1) is 5.92 Å². The molecule has 0 saturated carbocycles. The molecule has 12 heteroatoms. The Balaban J connectivity index is 2.13. The summed E-state index contributed by atoms with van der Waals surface area (Å²) in [7, 11) is 2.89. The maximum absolute atomic E-state index is 13.1. The zero-order chi connectivity index (χ0) is 28.1. The molecule has 0 aliphatic heterocycles. The Kier molecular flexibility index (Phi) is 11.9. The average Bonchev–Trinajstić information content (AvgIpc) is 3.34. The third-order valence-electron chi connectivity index (χ3n) is 6.08. The molecule has 1 atom stereocenters. The van der Waals surface area contributed by atoms with Crippen LogP contribution in [0.3, 0.4) is 0 Å². The number of nitrogens with one attached hydrogen (secondary N) is 3. The molecular formula is C26H36N6O6. The first-order valence-electron chi connectivity index (χ1n) is 12.5. The van der Waals surface area contributed by atoms with Crippen molar-refractivity contribution in [2.75, 3.05) is 19.0 Å². The van der Waals surface area contributed by atoms with E-state index in [0.29, 0.717) is 12.5 Å². The van der Waals surface area contributed by atoms with E-state index in [1.807, 2.05) is 0 Å². The van der Waals surface area contributed by atoms with Crippen LogP contribution in [-0.4, -0.2) is 57.5 Å². The van der Waals surface area contributed by atoms with E-state index in [1.54, 1.807) is 13.1 Å². The summed E-state index contributed by atoms with van der Waals surface area (Å²) >= 11 is 0. The third-order valence-corrected chi connectivity index (χ3v) is 6.08. The summed E-state index contributed by atoms with van der Waals surface area (Å²) in [5.41, 5.74) is -0.342. The molecule has 0 bridgehead atoms. The minimum Gasteiger partial charge on any atom is -0.466 e. The molecule has 0 radical (unpaired) electrons. The maximum atomic E-state index is 13.1. The summed E-state index contributed by atoms with van der Waals surface area (Å²) < 4.78 is 7.26. The minimum absolute atomic E-state index is 0.0322. The van der Waals surface area contributed by atoms with Gasteiger partial charge in [0, 0.05) is 25.9 Å². The first-order valence-corrected chi connectivity index (χ1v) is 12.5. The molecule has 0 fully saturated rings. The van der Waals surface area contributed by atoms with Crippen molar-refractivity contribution >= 4 is 29.4 Å². The Hall–Kier alpha value is -4.22. The first kappa shape index (κ1) is 30.0. The highest BCUT2D eigenvalue weighted by Gasteiger charge is 2.23. The number of pyridine rings is 1. The van der Waals surface area contributed by atoms with Crippen molar-refractivity contribution in [3.05, 3.63) is 59.1 Å². The molecule has 2 rings (SSSR count). The van der Waals surface area contributed by atoms with Gasteiger partial charge in [0.05, 0.1) is 19.6 Å². The van der Waals surface area contributed by atoms with Gasteiger partial charge in [0.25, 0.3) is 11.5 Å². The quantitative estimate of drug-likeness (QED) is 0.247. The number of amides is 3. The number of esters is 1. The van der Waals surface area contributed by atoms with Crippen LogP contribution < -0.4 is 21.5 Å². The van der Waals surface area contributed by atoms with Crippen molar-refractivity contribution in [2.45, 2.75) is 52.1 Å². The third kappa shape index (κ3) is 9.02. The van der Waals surface area contributed by atoms with Crippen LogP contribution in [0.25, 0.3) is 0 Å². The topological polar surface area (TPSA) is 153 Å². The summed E-state index contributed by atoms with van der Waals surface area (Å²) in [6, 6.07) is 1.94. The van der Waals surface area contributed by atoms with Gasteiger partial charge in [0.15, 0.2) is 0 Å². The molecule has 0 unspecified atom stereocenters. The van der Waals surface area contributed by atoms with E-state index in [1.165, 1.54) is 53.2 Å². The van der Waals surface area contributed by atoms with Crippen LogP contribution in [0.4, 0.5) is 5.69 Å². The van der Waals surface area contributed by atoms with Gasteiger partial charge in [0.1, 0.15) is 24.0 Å².